The summed E-state index contributed by atoms with van der Waals surface area (Å²) in [6.45, 7) is 2.67. The van der Waals surface area contributed by atoms with Crippen molar-refractivity contribution in [3.8, 4) is 5.75 Å². The number of hydrogen-bond acceptors (Lipinski definition) is 3. The average Bonchev–Trinajstić information content (AvgIpc) is 2.49. The summed E-state index contributed by atoms with van der Waals surface area (Å²) in [5.74, 6) is 0.623. The molecule has 0 heterocycles. The second-order valence-electron chi connectivity index (χ2n) is 4.81. The van der Waals surface area contributed by atoms with E-state index in [1.165, 1.54) is 0 Å². The Labute approximate surface area is 124 Å². The van der Waals surface area contributed by atoms with Crippen molar-refractivity contribution in [1.82, 2.24) is 0 Å². The van der Waals surface area contributed by atoms with Crippen LogP contribution in [-0.4, -0.2) is 12.5 Å². The molecule has 3 N–H and O–H groups in total. The quantitative estimate of drug-likeness (QED) is 0.800. The first-order valence-corrected chi connectivity index (χ1v) is 7.05. The van der Waals surface area contributed by atoms with Crippen molar-refractivity contribution < 1.29 is 9.53 Å². The van der Waals surface area contributed by atoms with Crippen molar-refractivity contribution in [1.29, 1.82) is 0 Å². The molecule has 0 fully saturated rings. The van der Waals surface area contributed by atoms with Crippen molar-refractivity contribution in [2.24, 2.45) is 0 Å². The Balaban J connectivity index is 2.00. The number of benzene rings is 2. The minimum atomic E-state index is -0.0766. The van der Waals surface area contributed by atoms with Crippen LogP contribution in [0.4, 0.5) is 11.4 Å². The lowest BCUT2D eigenvalue weighted by Gasteiger charge is -2.12. The summed E-state index contributed by atoms with van der Waals surface area (Å²) in [6, 6.07) is 14.8. The highest BCUT2D eigenvalue weighted by atomic mass is 16.5. The summed E-state index contributed by atoms with van der Waals surface area (Å²) in [6.07, 6.45) is 1.23. The van der Waals surface area contributed by atoms with Gasteiger partial charge < -0.3 is 15.8 Å². The summed E-state index contributed by atoms with van der Waals surface area (Å²) in [7, 11) is 0. The van der Waals surface area contributed by atoms with Gasteiger partial charge in [0.25, 0.3) is 0 Å². The number of nitrogen functional groups attached to an aromatic ring is 1. The molecule has 0 aliphatic heterocycles. The molecule has 2 rings (SSSR count). The molecule has 4 heteroatoms. The Hall–Kier alpha value is -2.49. The molecule has 0 saturated heterocycles. The second-order valence-corrected chi connectivity index (χ2v) is 4.81. The zero-order chi connectivity index (χ0) is 15.1. The van der Waals surface area contributed by atoms with Gasteiger partial charge in [-0.1, -0.05) is 31.2 Å². The van der Waals surface area contributed by atoms with Gasteiger partial charge in [-0.05, 0) is 36.2 Å². The third-order valence-corrected chi connectivity index (χ3v) is 2.97. The van der Waals surface area contributed by atoms with Crippen molar-refractivity contribution in [2.75, 3.05) is 17.7 Å². The van der Waals surface area contributed by atoms with Gasteiger partial charge in [0.2, 0.25) is 5.91 Å². The number of para-hydroxylation sites is 2. The van der Waals surface area contributed by atoms with Crippen LogP contribution in [-0.2, 0) is 11.2 Å². The van der Waals surface area contributed by atoms with Gasteiger partial charge in [-0.15, -0.1) is 0 Å². The molecule has 0 unspecified atom stereocenters. The van der Waals surface area contributed by atoms with Gasteiger partial charge in [0.15, 0.2) is 0 Å². The van der Waals surface area contributed by atoms with Gasteiger partial charge >= 0.3 is 0 Å². The van der Waals surface area contributed by atoms with E-state index in [9.17, 15) is 4.79 Å². The summed E-state index contributed by atoms with van der Waals surface area (Å²) < 4.78 is 5.62. The molecule has 0 saturated carbocycles. The molecule has 0 aliphatic carbocycles. The van der Waals surface area contributed by atoms with Crippen LogP contribution in [0.1, 0.15) is 18.9 Å². The Bertz CT molecular complexity index is 594. The van der Waals surface area contributed by atoms with E-state index < -0.39 is 0 Å². The normalized spacial score (nSPS) is 10.1. The van der Waals surface area contributed by atoms with Crippen molar-refractivity contribution in [3.63, 3.8) is 0 Å². The van der Waals surface area contributed by atoms with Gasteiger partial charge in [-0.25, -0.2) is 0 Å². The van der Waals surface area contributed by atoms with E-state index >= 15 is 0 Å². The van der Waals surface area contributed by atoms with Gasteiger partial charge in [0.1, 0.15) is 5.75 Å². The number of nitrogens with one attached hydrogen (secondary N) is 1. The number of hydrogen-bond donors (Lipinski definition) is 2. The lowest BCUT2D eigenvalue weighted by Crippen LogP contribution is -2.15. The van der Waals surface area contributed by atoms with E-state index in [1.807, 2.05) is 43.3 Å². The Kier molecular flexibility index (Phi) is 5.21. The van der Waals surface area contributed by atoms with Gasteiger partial charge in [0, 0.05) is 5.69 Å². The van der Waals surface area contributed by atoms with Gasteiger partial charge in [0.05, 0.1) is 18.7 Å². The molecule has 0 aliphatic rings. The molecule has 2 aromatic rings. The Morgan fingerprint density at radius 2 is 1.86 bits per heavy atom. The lowest BCUT2D eigenvalue weighted by molar-refractivity contribution is -0.115. The zero-order valence-electron chi connectivity index (χ0n) is 12.1. The molecule has 2 aromatic carbocycles. The van der Waals surface area contributed by atoms with Crippen molar-refractivity contribution in [3.05, 3.63) is 54.1 Å². The van der Waals surface area contributed by atoms with Crippen molar-refractivity contribution in [2.45, 2.75) is 19.8 Å². The summed E-state index contributed by atoms with van der Waals surface area (Å²) >= 11 is 0. The minimum absolute atomic E-state index is 0.0766. The fourth-order valence-electron chi connectivity index (χ4n) is 1.92. The molecule has 110 valence electrons. The third kappa shape index (κ3) is 4.53. The number of ether oxygens (including phenoxy) is 1. The smallest absolute Gasteiger partial charge is 0.228 e. The maximum Gasteiger partial charge on any atom is 0.228 e. The predicted molar refractivity (Wildman–Crippen MR) is 85.4 cm³/mol. The molecular formula is C17H20N2O2. The molecule has 4 nitrogen and oxygen atoms in total. The first-order valence-electron chi connectivity index (χ1n) is 7.05. The predicted octanol–water partition coefficient (Wildman–Crippen LogP) is 3.24. The first kappa shape index (κ1) is 14.9. The van der Waals surface area contributed by atoms with Crippen LogP contribution in [0.15, 0.2) is 48.5 Å². The van der Waals surface area contributed by atoms with Crippen LogP contribution in [0.25, 0.3) is 0 Å². The number of amides is 1. The van der Waals surface area contributed by atoms with Crippen LogP contribution >= 0.6 is 0 Å². The highest BCUT2D eigenvalue weighted by Gasteiger charge is 2.08. The van der Waals surface area contributed by atoms with E-state index in [4.69, 9.17) is 10.5 Å². The molecule has 0 radical (unpaired) electrons. The Morgan fingerprint density at radius 1 is 1.14 bits per heavy atom. The largest absolute Gasteiger partial charge is 0.491 e. The van der Waals surface area contributed by atoms with Crippen LogP contribution in [0.5, 0.6) is 5.75 Å². The summed E-state index contributed by atoms with van der Waals surface area (Å²) in [4.78, 5) is 12.1. The number of nitrogens with two attached hydrogens (primary N) is 1. The van der Waals surface area contributed by atoms with Crippen LogP contribution in [0.3, 0.4) is 0 Å². The van der Waals surface area contributed by atoms with Crippen molar-refractivity contribution >= 4 is 17.3 Å². The maximum absolute atomic E-state index is 12.1. The highest BCUT2D eigenvalue weighted by Crippen LogP contribution is 2.24. The molecule has 1 amide bonds. The molecule has 0 aromatic heterocycles. The molecule has 0 spiro atoms. The number of carbonyl (C=O) groups excluding carboxylic acids is 1. The van der Waals surface area contributed by atoms with Crippen LogP contribution in [0, 0.1) is 0 Å². The molecule has 0 atom stereocenters. The molecule has 21 heavy (non-hydrogen) atoms. The Morgan fingerprint density at radius 3 is 2.57 bits per heavy atom. The average molecular weight is 284 g/mol. The fraction of sp³-hybridized carbons (Fsp3) is 0.235. The minimum Gasteiger partial charge on any atom is -0.491 e. The van der Waals surface area contributed by atoms with Crippen LogP contribution in [0.2, 0.25) is 0 Å². The first-order chi connectivity index (χ1) is 10.2. The number of rotatable bonds is 6. The van der Waals surface area contributed by atoms with E-state index in [1.54, 1.807) is 12.1 Å². The number of carbonyl (C=O) groups is 1. The second kappa shape index (κ2) is 7.33. The molecule has 0 bridgehead atoms. The van der Waals surface area contributed by atoms with E-state index in [-0.39, 0.29) is 5.91 Å². The SMILES string of the molecule is CCCOc1ccccc1NC(=O)Cc1ccc(N)cc1. The van der Waals surface area contributed by atoms with E-state index in [2.05, 4.69) is 5.32 Å². The number of anilines is 2. The fourth-order valence-corrected chi connectivity index (χ4v) is 1.92. The zero-order valence-corrected chi connectivity index (χ0v) is 12.1. The molecular weight excluding hydrogens is 264 g/mol. The third-order valence-electron chi connectivity index (χ3n) is 2.97. The van der Waals surface area contributed by atoms with Gasteiger partial charge in [-0.2, -0.15) is 0 Å². The van der Waals surface area contributed by atoms with Crippen LogP contribution < -0.4 is 15.8 Å². The lowest BCUT2D eigenvalue weighted by atomic mass is 10.1. The van der Waals surface area contributed by atoms with E-state index in [0.29, 0.717) is 30.2 Å². The maximum atomic E-state index is 12.1. The highest BCUT2D eigenvalue weighted by molar-refractivity contribution is 5.93. The summed E-state index contributed by atoms with van der Waals surface area (Å²) in [5.41, 5.74) is 7.95. The van der Waals surface area contributed by atoms with Gasteiger partial charge in [-0.3, -0.25) is 4.79 Å². The van der Waals surface area contributed by atoms with E-state index in [0.717, 1.165) is 12.0 Å². The monoisotopic (exact) mass is 284 g/mol. The summed E-state index contributed by atoms with van der Waals surface area (Å²) in [5, 5.41) is 2.89. The topological polar surface area (TPSA) is 64.3 Å². The standard InChI is InChI=1S/C17H20N2O2/c1-2-11-21-16-6-4-3-5-15(16)19-17(20)12-13-7-9-14(18)10-8-13/h3-10H,2,11-12,18H2,1H3,(H,19,20).